The third-order valence-corrected chi connectivity index (χ3v) is 5.56. The fourth-order valence-electron chi connectivity index (χ4n) is 1.89. The zero-order chi connectivity index (χ0) is 17.7. The van der Waals surface area contributed by atoms with Crippen LogP contribution in [0.25, 0.3) is 5.69 Å². The number of rotatable bonds is 6. The molecule has 9 heteroatoms. The Morgan fingerprint density at radius 3 is 2.83 bits per heavy atom. The molecule has 0 saturated carbocycles. The number of carbonyl (C=O) groups is 1. The van der Waals surface area contributed by atoms with Gasteiger partial charge in [-0.25, -0.2) is 9.07 Å². The first kappa shape index (κ1) is 18.6. The second-order valence-electron chi connectivity index (χ2n) is 4.95. The molecule has 0 aliphatic rings. The average Bonchev–Trinajstić information content (AvgIpc) is 2.92. The van der Waals surface area contributed by atoms with Crippen LogP contribution in [-0.2, 0) is 4.79 Å². The minimum Gasteiger partial charge on any atom is -0.344 e. The predicted octanol–water partition coefficient (Wildman–Crippen LogP) is 3.66. The molecular weight excluding hydrogens is 367 g/mol. The molecule has 0 bridgehead atoms. The maximum absolute atomic E-state index is 13.0. The quantitative estimate of drug-likeness (QED) is 0.564. The van der Waals surface area contributed by atoms with E-state index in [9.17, 15) is 9.18 Å². The van der Waals surface area contributed by atoms with E-state index in [2.05, 4.69) is 5.10 Å². The average molecular weight is 383 g/mol. The Kier molecular flexibility index (Phi) is 6.48. The van der Waals surface area contributed by atoms with Gasteiger partial charge in [-0.1, -0.05) is 23.1 Å². The second-order valence-corrected chi connectivity index (χ2v) is 8.16. The van der Waals surface area contributed by atoms with Gasteiger partial charge < -0.3 is 4.90 Å². The minimum absolute atomic E-state index is 0.0651. The summed E-state index contributed by atoms with van der Waals surface area (Å²) in [6.07, 6.45) is 0.303. The third-order valence-electron chi connectivity index (χ3n) is 3.16. The lowest BCUT2D eigenvalue weighted by molar-refractivity contribution is -0.128. The fourth-order valence-corrected chi connectivity index (χ4v) is 4.51. The molecule has 1 heterocycles. The van der Waals surface area contributed by atoms with Gasteiger partial charge >= 0.3 is 0 Å². The largest absolute Gasteiger partial charge is 0.344 e. The lowest BCUT2D eigenvalue weighted by Gasteiger charge is -2.19. The zero-order valence-corrected chi connectivity index (χ0v) is 15.6. The van der Waals surface area contributed by atoms with Crippen molar-refractivity contribution in [1.29, 1.82) is 5.26 Å². The van der Waals surface area contributed by atoms with Crippen molar-refractivity contribution in [3.63, 3.8) is 0 Å². The number of thioether (sulfide) groups is 1. The Labute approximate surface area is 152 Å². The maximum atomic E-state index is 13.0. The fraction of sp³-hybridized carbons (Fsp3) is 0.333. The summed E-state index contributed by atoms with van der Waals surface area (Å²) < 4.78 is 15.8. The van der Waals surface area contributed by atoms with Gasteiger partial charge in [0.05, 0.1) is 23.4 Å². The van der Waals surface area contributed by atoms with Gasteiger partial charge in [-0.2, -0.15) is 5.26 Å². The first-order valence-corrected chi connectivity index (χ1v) is 9.17. The number of carbonyl (C=O) groups excluding carboxylic acids is 1. The SMILES string of the molecule is C[C@@H](Sc1nn(-c2ccc(F)cc2)c(=S)s1)C(=O)N(C)CCC#N. The van der Waals surface area contributed by atoms with E-state index in [4.69, 9.17) is 17.5 Å². The molecule has 1 aromatic heterocycles. The molecule has 5 nitrogen and oxygen atoms in total. The molecule has 1 atom stereocenters. The molecule has 0 aliphatic heterocycles. The van der Waals surface area contributed by atoms with Crippen molar-refractivity contribution in [2.45, 2.75) is 22.9 Å². The minimum atomic E-state index is -0.337. The molecule has 1 aromatic carbocycles. The summed E-state index contributed by atoms with van der Waals surface area (Å²) in [4.78, 5) is 13.8. The van der Waals surface area contributed by atoms with E-state index in [-0.39, 0.29) is 17.0 Å². The van der Waals surface area contributed by atoms with Crippen LogP contribution in [0.2, 0.25) is 0 Å². The molecule has 126 valence electrons. The summed E-state index contributed by atoms with van der Waals surface area (Å²) in [5, 5.41) is 12.7. The predicted molar refractivity (Wildman–Crippen MR) is 95.4 cm³/mol. The van der Waals surface area contributed by atoms with Gasteiger partial charge in [0.2, 0.25) is 5.91 Å². The van der Waals surface area contributed by atoms with Gasteiger partial charge in [-0.3, -0.25) is 4.79 Å². The monoisotopic (exact) mass is 382 g/mol. The Morgan fingerprint density at radius 2 is 2.21 bits per heavy atom. The van der Waals surface area contributed by atoms with Gasteiger partial charge in [0.25, 0.3) is 0 Å². The van der Waals surface area contributed by atoms with Crippen LogP contribution in [0.4, 0.5) is 4.39 Å². The number of amides is 1. The highest BCUT2D eigenvalue weighted by molar-refractivity contribution is 8.02. The van der Waals surface area contributed by atoms with Gasteiger partial charge in [0.15, 0.2) is 8.29 Å². The van der Waals surface area contributed by atoms with E-state index >= 15 is 0 Å². The van der Waals surface area contributed by atoms with E-state index in [0.717, 1.165) is 0 Å². The lowest BCUT2D eigenvalue weighted by atomic mass is 10.3. The Balaban J connectivity index is 2.10. The summed E-state index contributed by atoms with van der Waals surface area (Å²) in [5.74, 6) is -0.389. The van der Waals surface area contributed by atoms with Crippen LogP contribution in [0.15, 0.2) is 28.6 Å². The summed E-state index contributed by atoms with van der Waals surface area (Å²) in [6.45, 7) is 2.20. The standard InChI is InChI=1S/C15H15FN4OS3/c1-10(13(21)19(2)9-3-8-17)23-14-18-20(15(22)24-14)12-6-4-11(16)5-7-12/h4-7,10H,3,9H2,1-2H3/t10-/m1/s1. The van der Waals surface area contributed by atoms with Crippen molar-refractivity contribution < 1.29 is 9.18 Å². The van der Waals surface area contributed by atoms with Gasteiger partial charge in [-0.05, 0) is 43.4 Å². The van der Waals surface area contributed by atoms with E-state index in [1.807, 2.05) is 6.07 Å². The van der Waals surface area contributed by atoms with Crippen molar-refractivity contribution in [3.8, 4) is 11.8 Å². The van der Waals surface area contributed by atoms with E-state index in [0.29, 0.717) is 26.9 Å². The summed E-state index contributed by atoms with van der Waals surface area (Å²) in [5.41, 5.74) is 0.676. The highest BCUT2D eigenvalue weighted by Crippen LogP contribution is 2.28. The number of halogens is 1. The smallest absolute Gasteiger partial charge is 0.235 e. The molecule has 1 amide bonds. The molecular formula is C15H15FN4OS3. The molecule has 0 fully saturated rings. The normalized spacial score (nSPS) is 11.8. The molecule has 0 N–H and O–H groups in total. The molecule has 2 aromatic rings. The van der Waals surface area contributed by atoms with Crippen molar-refractivity contribution in [3.05, 3.63) is 34.0 Å². The van der Waals surface area contributed by atoms with E-state index in [1.54, 1.807) is 30.8 Å². The third kappa shape index (κ3) is 4.63. The van der Waals surface area contributed by atoms with E-state index in [1.165, 1.54) is 40.1 Å². The number of benzene rings is 1. The first-order chi connectivity index (χ1) is 11.4. The Morgan fingerprint density at radius 1 is 1.54 bits per heavy atom. The molecule has 0 aliphatic carbocycles. The molecule has 0 unspecified atom stereocenters. The van der Waals surface area contributed by atoms with Crippen LogP contribution in [0, 0.1) is 21.1 Å². The lowest BCUT2D eigenvalue weighted by Crippen LogP contribution is -2.33. The van der Waals surface area contributed by atoms with Crippen LogP contribution in [0.1, 0.15) is 13.3 Å². The summed E-state index contributed by atoms with van der Waals surface area (Å²) in [6, 6.07) is 7.92. The van der Waals surface area contributed by atoms with Gasteiger partial charge in [0, 0.05) is 13.6 Å². The molecule has 0 radical (unpaired) electrons. The summed E-state index contributed by atoms with van der Waals surface area (Å²) >= 11 is 7.92. The number of nitrogens with zero attached hydrogens (tertiary/aromatic N) is 4. The Hall–Kier alpha value is -1.76. The second kappa shape index (κ2) is 8.37. The number of aromatic nitrogens is 2. The van der Waals surface area contributed by atoms with Gasteiger partial charge in [-0.15, -0.1) is 5.10 Å². The maximum Gasteiger partial charge on any atom is 0.235 e. The summed E-state index contributed by atoms with van der Waals surface area (Å²) in [7, 11) is 1.68. The number of nitriles is 1. The molecule has 0 saturated heterocycles. The van der Waals surface area contributed by atoms with Crippen LogP contribution in [0.5, 0.6) is 0 Å². The highest BCUT2D eigenvalue weighted by Gasteiger charge is 2.20. The van der Waals surface area contributed by atoms with Crippen molar-refractivity contribution in [2.24, 2.45) is 0 Å². The Bertz CT molecular complexity index is 809. The molecule has 2 rings (SSSR count). The van der Waals surface area contributed by atoms with Crippen LogP contribution < -0.4 is 0 Å². The number of hydrogen-bond acceptors (Lipinski definition) is 6. The van der Waals surface area contributed by atoms with Gasteiger partial charge in [0.1, 0.15) is 5.82 Å². The number of hydrogen-bond donors (Lipinski definition) is 0. The van der Waals surface area contributed by atoms with Crippen LogP contribution >= 0.6 is 35.3 Å². The topological polar surface area (TPSA) is 61.9 Å². The first-order valence-electron chi connectivity index (χ1n) is 7.07. The molecule has 24 heavy (non-hydrogen) atoms. The van der Waals surface area contributed by atoms with Crippen molar-refractivity contribution >= 4 is 41.2 Å². The van der Waals surface area contributed by atoms with Crippen LogP contribution in [0.3, 0.4) is 0 Å². The van der Waals surface area contributed by atoms with Crippen molar-refractivity contribution in [2.75, 3.05) is 13.6 Å². The van der Waals surface area contributed by atoms with Crippen molar-refractivity contribution in [1.82, 2.24) is 14.7 Å². The molecule has 0 spiro atoms. The highest BCUT2D eigenvalue weighted by atomic mass is 32.2. The van der Waals surface area contributed by atoms with Crippen LogP contribution in [-0.4, -0.2) is 39.4 Å². The zero-order valence-electron chi connectivity index (χ0n) is 13.1. The van der Waals surface area contributed by atoms with E-state index < -0.39 is 0 Å².